The summed E-state index contributed by atoms with van der Waals surface area (Å²) in [5, 5.41) is 30.1. The van der Waals surface area contributed by atoms with Crippen LogP contribution in [0.25, 0.3) is 27.9 Å². The van der Waals surface area contributed by atoms with Crippen molar-refractivity contribution in [2.45, 2.75) is 20.3 Å². The minimum atomic E-state index is -1.30. The molecule has 152 valence electrons. The first-order chi connectivity index (χ1) is 14.1. The number of carboxylic acid groups (broad SMARTS) is 2. The van der Waals surface area contributed by atoms with Gasteiger partial charge >= 0.3 is 11.9 Å². The first kappa shape index (κ1) is 19.4. The molecule has 3 aliphatic rings. The van der Waals surface area contributed by atoms with E-state index in [0.717, 1.165) is 0 Å². The molecule has 1 aromatic carbocycles. The van der Waals surface area contributed by atoms with Crippen molar-refractivity contribution in [2.24, 2.45) is 5.41 Å². The molecule has 2 aliphatic carbocycles. The SMILES string of the molecule is Cc1c(O)ccc2c(C3=CC(C)(C(=O)O)CC=C3C(=O)O)c3ccc(=O)cc-3oc12. The summed E-state index contributed by atoms with van der Waals surface area (Å²) in [5.41, 5.74) is 0.227. The molecule has 0 saturated heterocycles. The number of hydrogen-bond donors (Lipinski definition) is 3. The minimum absolute atomic E-state index is 0.0168. The number of carbonyl (C=O) groups is 2. The lowest BCUT2D eigenvalue weighted by Crippen LogP contribution is -2.28. The van der Waals surface area contributed by atoms with Gasteiger partial charge in [0.2, 0.25) is 0 Å². The van der Waals surface area contributed by atoms with Gasteiger partial charge in [-0.15, -0.1) is 0 Å². The van der Waals surface area contributed by atoms with Crippen molar-refractivity contribution >= 4 is 28.5 Å². The number of benzene rings is 2. The first-order valence-corrected chi connectivity index (χ1v) is 9.22. The fourth-order valence-electron chi connectivity index (χ4n) is 3.79. The predicted octanol–water partition coefficient (Wildman–Crippen LogP) is 3.80. The Bertz CT molecular complexity index is 1330. The van der Waals surface area contributed by atoms with Crippen LogP contribution in [0.3, 0.4) is 0 Å². The molecule has 4 rings (SSSR count). The van der Waals surface area contributed by atoms with Gasteiger partial charge in [0.05, 0.1) is 11.0 Å². The molecule has 0 fully saturated rings. The third kappa shape index (κ3) is 2.86. The second kappa shape index (κ2) is 6.59. The third-order valence-electron chi connectivity index (χ3n) is 5.55. The van der Waals surface area contributed by atoms with E-state index in [-0.39, 0.29) is 40.1 Å². The Kier molecular flexibility index (Phi) is 4.27. The smallest absolute Gasteiger partial charge is 0.335 e. The molecule has 7 nitrogen and oxygen atoms in total. The number of aromatic hydroxyl groups is 1. The van der Waals surface area contributed by atoms with E-state index >= 15 is 0 Å². The maximum Gasteiger partial charge on any atom is 0.335 e. The van der Waals surface area contributed by atoms with Gasteiger partial charge in [0, 0.05) is 28.1 Å². The lowest BCUT2D eigenvalue weighted by atomic mass is 9.75. The molecule has 0 spiro atoms. The molecule has 7 heteroatoms. The molecule has 1 aliphatic heterocycles. The standard InChI is InChI=1S/C23H18O7/c1-11-17(25)6-5-15-19(14-4-3-12(24)9-18(14)30-20(11)15)16-10-23(2,22(28)29)8-7-13(16)21(26)27/h3-7,9-10,25H,8H2,1-2H3,(H,26,27)(H,28,29). The average molecular weight is 406 g/mol. The van der Waals surface area contributed by atoms with Crippen LogP contribution in [-0.4, -0.2) is 27.3 Å². The number of hydrogen-bond acceptors (Lipinski definition) is 5. The summed E-state index contributed by atoms with van der Waals surface area (Å²) >= 11 is 0. The van der Waals surface area contributed by atoms with Crippen molar-refractivity contribution in [1.82, 2.24) is 0 Å². The lowest BCUT2D eigenvalue weighted by molar-refractivity contribution is -0.145. The topological polar surface area (TPSA) is 125 Å². The molecule has 3 N–H and O–H groups in total. The van der Waals surface area contributed by atoms with Crippen molar-refractivity contribution in [3.63, 3.8) is 0 Å². The average Bonchev–Trinajstić information content (AvgIpc) is 2.69. The van der Waals surface area contributed by atoms with Gasteiger partial charge in [-0.3, -0.25) is 9.59 Å². The molecule has 0 amide bonds. The summed E-state index contributed by atoms with van der Waals surface area (Å²) in [5.74, 6) is -2.07. The molecule has 1 aromatic rings. The Hall–Kier alpha value is -3.87. The highest BCUT2D eigenvalue weighted by Gasteiger charge is 2.37. The Morgan fingerprint density at radius 2 is 1.87 bits per heavy atom. The van der Waals surface area contributed by atoms with Crippen LogP contribution in [0.4, 0.5) is 0 Å². The Balaban J connectivity index is 2.19. The molecule has 1 unspecified atom stereocenters. The van der Waals surface area contributed by atoms with Crippen LogP contribution in [0.5, 0.6) is 5.75 Å². The van der Waals surface area contributed by atoms with Gasteiger partial charge in [-0.2, -0.15) is 0 Å². The van der Waals surface area contributed by atoms with E-state index in [1.807, 2.05) is 0 Å². The van der Waals surface area contributed by atoms with Crippen LogP contribution in [-0.2, 0) is 9.59 Å². The van der Waals surface area contributed by atoms with Gasteiger partial charge < -0.3 is 19.7 Å². The zero-order valence-electron chi connectivity index (χ0n) is 16.2. The van der Waals surface area contributed by atoms with E-state index in [1.165, 1.54) is 43.3 Å². The number of aryl methyl sites for hydroxylation is 1. The number of carboxylic acids is 2. The summed E-state index contributed by atoms with van der Waals surface area (Å²) in [6.07, 6.45) is 2.88. The van der Waals surface area contributed by atoms with Gasteiger partial charge in [0.25, 0.3) is 0 Å². The molecular formula is C23H18O7. The van der Waals surface area contributed by atoms with E-state index in [2.05, 4.69) is 0 Å². The molecular weight excluding hydrogens is 388 g/mol. The van der Waals surface area contributed by atoms with Gasteiger partial charge in [-0.05, 0) is 50.1 Å². The van der Waals surface area contributed by atoms with Crippen LogP contribution in [0.15, 0.2) is 57.3 Å². The molecule has 0 bridgehead atoms. The monoisotopic (exact) mass is 406 g/mol. The van der Waals surface area contributed by atoms with Crippen LogP contribution < -0.4 is 5.43 Å². The summed E-state index contributed by atoms with van der Waals surface area (Å²) < 4.78 is 5.89. The minimum Gasteiger partial charge on any atom is -0.508 e. The van der Waals surface area contributed by atoms with Gasteiger partial charge in [0.1, 0.15) is 17.1 Å². The zero-order chi connectivity index (χ0) is 21.8. The number of allylic oxidation sites excluding steroid dienone is 1. The highest BCUT2D eigenvalue weighted by Crippen LogP contribution is 2.45. The number of aliphatic carboxylic acids is 2. The van der Waals surface area contributed by atoms with Crippen LogP contribution in [0, 0.1) is 12.3 Å². The molecule has 0 radical (unpaired) electrons. The second-order valence-electron chi connectivity index (χ2n) is 7.63. The second-order valence-corrected chi connectivity index (χ2v) is 7.63. The van der Waals surface area contributed by atoms with E-state index in [1.54, 1.807) is 13.0 Å². The largest absolute Gasteiger partial charge is 0.508 e. The molecule has 1 heterocycles. The van der Waals surface area contributed by atoms with Gasteiger partial charge in [-0.1, -0.05) is 12.2 Å². The zero-order valence-corrected chi connectivity index (χ0v) is 16.2. The summed E-state index contributed by atoms with van der Waals surface area (Å²) in [6, 6.07) is 7.21. The van der Waals surface area contributed by atoms with Crippen molar-refractivity contribution in [3.05, 3.63) is 69.4 Å². The number of phenols is 1. The number of fused-ring (bicyclic) bond motifs is 2. The maximum absolute atomic E-state index is 12.0. The third-order valence-corrected chi connectivity index (χ3v) is 5.55. The van der Waals surface area contributed by atoms with E-state index in [0.29, 0.717) is 22.1 Å². The maximum atomic E-state index is 12.0. The fourth-order valence-corrected chi connectivity index (χ4v) is 3.79. The quantitative estimate of drug-likeness (QED) is 0.565. The van der Waals surface area contributed by atoms with Gasteiger partial charge in [0.15, 0.2) is 5.43 Å². The van der Waals surface area contributed by atoms with E-state index in [4.69, 9.17) is 4.42 Å². The summed E-state index contributed by atoms with van der Waals surface area (Å²) in [7, 11) is 0. The normalized spacial score (nSPS) is 18.9. The van der Waals surface area contributed by atoms with Crippen LogP contribution in [0.2, 0.25) is 0 Å². The molecule has 0 saturated carbocycles. The fraction of sp³-hybridized carbons (Fsp3) is 0.174. The van der Waals surface area contributed by atoms with Crippen molar-refractivity contribution in [1.29, 1.82) is 0 Å². The first-order valence-electron chi connectivity index (χ1n) is 9.22. The van der Waals surface area contributed by atoms with Crippen molar-refractivity contribution in [3.8, 4) is 17.1 Å². The molecule has 0 aromatic heterocycles. The summed E-state index contributed by atoms with van der Waals surface area (Å²) in [4.78, 5) is 35.8. The van der Waals surface area contributed by atoms with E-state index in [9.17, 15) is 29.7 Å². The van der Waals surface area contributed by atoms with Crippen LogP contribution >= 0.6 is 0 Å². The highest BCUT2D eigenvalue weighted by atomic mass is 16.4. The Labute approximate surface area is 170 Å². The Morgan fingerprint density at radius 1 is 1.13 bits per heavy atom. The molecule has 30 heavy (non-hydrogen) atoms. The van der Waals surface area contributed by atoms with Gasteiger partial charge in [-0.25, -0.2) is 4.79 Å². The number of rotatable bonds is 3. The van der Waals surface area contributed by atoms with Crippen molar-refractivity contribution in [2.75, 3.05) is 0 Å². The van der Waals surface area contributed by atoms with Crippen LogP contribution in [0.1, 0.15) is 24.5 Å². The Morgan fingerprint density at radius 3 is 2.53 bits per heavy atom. The van der Waals surface area contributed by atoms with E-state index < -0.39 is 17.4 Å². The number of phenolic OH excluding ortho intramolecular Hbond substituents is 1. The summed E-state index contributed by atoms with van der Waals surface area (Å²) in [6.45, 7) is 3.16. The highest BCUT2D eigenvalue weighted by molar-refractivity contribution is 6.13. The predicted molar refractivity (Wildman–Crippen MR) is 110 cm³/mol. The van der Waals surface area contributed by atoms with Crippen molar-refractivity contribution < 1.29 is 29.3 Å². The molecule has 1 atom stereocenters. The lowest BCUT2D eigenvalue weighted by Gasteiger charge is -2.28.